The van der Waals surface area contributed by atoms with E-state index in [1.165, 1.54) is 12.1 Å². The van der Waals surface area contributed by atoms with Crippen molar-refractivity contribution in [1.82, 2.24) is 20.7 Å². The van der Waals surface area contributed by atoms with Gasteiger partial charge in [0.25, 0.3) is 5.91 Å². The molecule has 0 radical (unpaired) electrons. The van der Waals surface area contributed by atoms with Gasteiger partial charge in [-0.1, -0.05) is 40.2 Å². The molecule has 0 spiro atoms. The van der Waals surface area contributed by atoms with Crippen LogP contribution in [0.25, 0.3) is 0 Å². The molecule has 6 nitrogen and oxygen atoms in total. The second kappa shape index (κ2) is 8.61. The van der Waals surface area contributed by atoms with E-state index in [0.29, 0.717) is 32.6 Å². The van der Waals surface area contributed by atoms with Crippen molar-refractivity contribution in [3.63, 3.8) is 0 Å². The van der Waals surface area contributed by atoms with Crippen molar-refractivity contribution in [2.24, 2.45) is 0 Å². The maximum absolute atomic E-state index is 13.9. The first kappa shape index (κ1) is 20.0. The maximum atomic E-state index is 13.9. The number of carbonyl (C=O) groups excluding carboxylic acids is 2. The fourth-order valence-electron chi connectivity index (χ4n) is 3.79. The highest BCUT2D eigenvalue weighted by Gasteiger charge is 2.34. The quantitative estimate of drug-likeness (QED) is 0.738. The van der Waals surface area contributed by atoms with Crippen molar-refractivity contribution in [3.8, 4) is 0 Å². The number of benzene rings is 2. The summed E-state index contributed by atoms with van der Waals surface area (Å²) in [4.78, 5) is 28.8. The monoisotopic (exact) mass is 460 g/mol. The zero-order valence-electron chi connectivity index (χ0n) is 15.8. The van der Waals surface area contributed by atoms with Gasteiger partial charge in [-0.2, -0.15) is 0 Å². The highest BCUT2D eigenvalue weighted by atomic mass is 79.9. The summed E-state index contributed by atoms with van der Waals surface area (Å²) < 4.78 is 14.9. The fraction of sp³-hybridized carbons (Fsp3) is 0.333. The minimum Gasteiger partial charge on any atom is -0.338 e. The van der Waals surface area contributed by atoms with Gasteiger partial charge in [-0.3, -0.25) is 9.59 Å². The molecule has 2 aliphatic heterocycles. The molecule has 2 saturated heterocycles. The van der Waals surface area contributed by atoms with Crippen LogP contribution < -0.4 is 10.9 Å². The number of hydrogen-bond donors (Lipinski definition) is 2. The molecule has 0 bridgehead atoms. The minimum atomic E-state index is -0.517. The molecule has 2 heterocycles. The third-order valence-corrected chi connectivity index (χ3v) is 5.99. The van der Waals surface area contributed by atoms with Gasteiger partial charge in [-0.05, 0) is 36.2 Å². The molecule has 2 aliphatic rings. The second-order valence-electron chi connectivity index (χ2n) is 7.28. The van der Waals surface area contributed by atoms with Crippen molar-refractivity contribution in [1.29, 1.82) is 0 Å². The molecule has 29 heavy (non-hydrogen) atoms. The Morgan fingerprint density at radius 3 is 2.28 bits per heavy atom. The van der Waals surface area contributed by atoms with Gasteiger partial charge in [0.2, 0.25) is 5.91 Å². The highest BCUT2D eigenvalue weighted by molar-refractivity contribution is 9.10. The van der Waals surface area contributed by atoms with Gasteiger partial charge in [0.1, 0.15) is 11.9 Å². The largest absolute Gasteiger partial charge is 0.338 e. The van der Waals surface area contributed by atoms with E-state index < -0.39 is 5.82 Å². The predicted octanol–water partition coefficient (Wildman–Crippen LogP) is 2.48. The average molecular weight is 461 g/mol. The van der Waals surface area contributed by atoms with E-state index in [4.69, 9.17) is 0 Å². The zero-order valence-corrected chi connectivity index (χ0v) is 17.4. The van der Waals surface area contributed by atoms with Crippen LogP contribution in [0.3, 0.4) is 0 Å². The van der Waals surface area contributed by atoms with Crippen molar-refractivity contribution in [2.75, 3.05) is 26.2 Å². The fourth-order valence-corrected chi connectivity index (χ4v) is 4.05. The summed E-state index contributed by atoms with van der Waals surface area (Å²) in [5.74, 6) is -0.822. The van der Waals surface area contributed by atoms with Crippen molar-refractivity contribution >= 4 is 27.7 Å². The number of rotatable bonds is 3. The van der Waals surface area contributed by atoms with Crippen LogP contribution >= 0.6 is 15.9 Å². The molecule has 4 rings (SSSR count). The Hall–Kier alpha value is -2.29. The Morgan fingerprint density at radius 2 is 1.59 bits per heavy atom. The summed E-state index contributed by atoms with van der Waals surface area (Å²) >= 11 is 3.43. The van der Waals surface area contributed by atoms with E-state index in [0.717, 1.165) is 10.0 Å². The molecule has 2 amide bonds. The standard InChI is InChI=1S/C21H22BrFN4O2/c22-15-7-5-14(6-8-15)18-13-19(25-24-18)21(29)27-11-9-26(10-12-27)20(28)16-3-1-2-4-17(16)23/h1-8,18-19,24-25H,9-13H2. The molecule has 2 N–H and O–H groups in total. The van der Waals surface area contributed by atoms with Gasteiger partial charge < -0.3 is 9.80 Å². The molecule has 152 valence electrons. The Labute approximate surface area is 177 Å². The number of hydrazine groups is 1. The molecule has 8 heteroatoms. The molecule has 2 atom stereocenters. The SMILES string of the molecule is O=C(c1ccccc1F)N1CCN(C(=O)C2CC(c3ccc(Br)cc3)NN2)CC1. The third kappa shape index (κ3) is 4.34. The Bertz CT molecular complexity index is 900. The van der Waals surface area contributed by atoms with Crippen molar-refractivity contribution in [3.05, 3.63) is 69.9 Å². The summed E-state index contributed by atoms with van der Waals surface area (Å²) in [6.45, 7) is 1.69. The van der Waals surface area contributed by atoms with Gasteiger partial charge in [-0.25, -0.2) is 15.2 Å². The average Bonchev–Trinajstić information content (AvgIpc) is 3.24. The Kier molecular flexibility index (Phi) is 5.94. The van der Waals surface area contributed by atoms with Crippen LogP contribution in [-0.4, -0.2) is 53.8 Å². The van der Waals surface area contributed by atoms with Crippen LogP contribution in [0.15, 0.2) is 53.0 Å². The second-order valence-corrected chi connectivity index (χ2v) is 8.19. The van der Waals surface area contributed by atoms with E-state index in [-0.39, 0.29) is 29.5 Å². The molecule has 2 aromatic rings. The van der Waals surface area contributed by atoms with E-state index in [2.05, 4.69) is 26.8 Å². The normalized spacial score (nSPS) is 22.0. The minimum absolute atomic E-state index is 0.0232. The van der Waals surface area contributed by atoms with Gasteiger partial charge in [0.15, 0.2) is 0 Å². The van der Waals surface area contributed by atoms with Crippen LogP contribution in [0.2, 0.25) is 0 Å². The van der Waals surface area contributed by atoms with Gasteiger partial charge in [0, 0.05) is 36.7 Å². The molecular weight excluding hydrogens is 439 g/mol. The smallest absolute Gasteiger partial charge is 0.256 e. The van der Waals surface area contributed by atoms with Crippen LogP contribution in [-0.2, 0) is 4.79 Å². The van der Waals surface area contributed by atoms with Gasteiger partial charge >= 0.3 is 0 Å². The number of piperazine rings is 1. The Balaban J connectivity index is 1.32. The number of nitrogens with zero attached hydrogens (tertiary/aromatic N) is 2. The van der Waals surface area contributed by atoms with Crippen LogP contribution in [0.4, 0.5) is 4.39 Å². The Morgan fingerprint density at radius 1 is 0.931 bits per heavy atom. The maximum Gasteiger partial charge on any atom is 0.256 e. The van der Waals surface area contributed by atoms with E-state index in [1.54, 1.807) is 21.9 Å². The lowest BCUT2D eigenvalue weighted by atomic mass is 10.0. The number of hydrogen-bond acceptors (Lipinski definition) is 4. The van der Waals surface area contributed by atoms with E-state index >= 15 is 0 Å². The highest BCUT2D eigenvalue weighted by Crippen LogP contribution is 2.25. The topological polar surface area (TPSA) is 64.7 Å². The molecule has 2 unspecified atom stereocenters. The molecule has 0 saturated carbocycles. The summed E-state index contributed by atoms with van der Waals surface area (Å²) in [6, 6.07) is 13.8. The van der Waals surface area contributed by atoms with E-state index in [9.17, 15) is 14.0 Å². The predicted molar refractivity (Wildman–Crippen MR) is 110 cm³/mol. The first-order chi connectivity index (χ1) is 14.0. The number of nitrogens with one attached hydrogen (secondary N) is 2. The zero-order chi connectivity index (χ0) is 20.4. The van der Waals surface area contributed by atoms with Gasteiger partial charge in [-0.15, -0.1) is 0 Å². The van der Waals surface area contributed by atoms with E-state index in [1.807, 2.05) is 24.3 Å². The molecule has 2 aromatic carbocycles. The third-order valence-electron chi connectivity index (χ3n) is 5.46. The lowest BCUT2D eigenvalue weighted by molar-refractivity contribution is -0.134. The first-order valence-corrected chi connectivity index (χ1v) is 10.4. The summed E-state index contributed by atoms with van der Waals surface area (Å²) in [5.41, 5.74) is 7.50. The van der Waals surface area contributed by atoms with Crippen molar-refractivity contribution in [2.45, 2.75) is 18.5 Å². The molecular formula is C21H22BrFN4O2. The first-order valence-electron chi connectivity index (χ1n) is 9.62. The van der Waals surface area contributed by atoms with Crippen LogP contribution in [0.5, 0.6) is 0 Å². The molecule has 0 aliphatic carbocycles. The van der Waals surface area contributed by atoms with Crippen LogP contribution in [0.1, 0.15) is 28.4 Å². The molecule has 2 fully saturated rings. The number of halogens is 2. The number of carbonyl (C=O) groups is 2. The number of amides is 2. The van der Waals surface area contributed by atoms with Gasteiger partial charge in [0.05, 0.1) is 5.56 Å². The summed E-state index contributed by atoms with van der Waals surface area (Å²) in [6.07, 6.45) is 0.662. The summed E-state index contributed by atoms with van der Waals surface area (Å²) in [7, 11) is 0. The van der Waals surface area contributed by atoms with Crippen molar-refractivity contribution < 1.29 is 14.0 Å². The lowest BCUT2D eigenvalue weighted by Crippen LogP contribution is -2.54. The summed E-state index contributed by atoms with van der Waals surface area (Å²) in [5, 5.41) is 0. The lowest BCUT2D eigenvalue weighted by Gasteiger charge is -2.36. The van der Waals surface area contributed by atoms with Crippen LogP contribution in [0, 0.1) is 5.82 Å². The molecule has 0 aromatic heterocycles.